The summed E-state index contributed by atoms with van der Waals surface area (Å²) >= 11 is 0. The van der Waals surface area contributed by atoms with Gasteiger partial charge in [-0.25, -0.2) is 0 Å². The molecule has 0 bridgehead atoms. The predicted octanol–water partition coefficient (Wildman–Crippen LogP) is 0.609. The lowest BCUT2D eigenvalue weighted by Gasteiger charge is -2.39. The van der Waals surface area contributed by atoms with Gasteiger partial charge in [0.1, 0.15) is 6.10 Å². The fourth-order valence-corrected chi connectivity index (χ4v) is 2.11. The third kappa shape index (κ3) is 3.18. The summed E-state index contributed by atoms with van der Waals surface area (Å²) in [5.41, 5.74) is 5.71. The Kier molecular flexibility index (Phi) is 4.11. The van der Waals surface area contributed by atoms with Gasteiger partial charge in [0.15, 0.2) is 0 Å². The molecule has 1 heterocycles. The van der Waals surface area contributed by atoms with Crippen molar-refractivity contribution in [3.63, 3.8) is 0 Å². The maximum absolute atomic E-state index is 12.0. The second kappa shape index (κ2) is 4.94. The molecule has 1 rings (SSSR count). The van der Waals surface area contributed by atoms with Crippen molar-refractivity contribution in [3.8, 4) is 0 Å². The van der Waals surface area contributed by atoms with Gasteiger partial charge >= 0.3 is 0 Å². The van der Waals surface area contributed by atoms with Crippen LogP contribution in [0, 0.1) is 5.41 Å². The van der Waals surface area contributed by atoms with Crippen LogP contribution in [-0.4, -0.2) is 43.7 Å². The van der Waals surface area contributed by atoms with Gasteiger partial charge in [-0.1, -0.05) is 13.8 Å². The Morgan fingerprint density at radius 3 is 2.73 bits per heavy atom. The second-order valence-electron chi connectivity index (χ2n) is 4.99. The van der Waals surface area contributed by atoms with E-state index in [2.05, 4.69) is 13.8 Å². The van der Waals surface area contributed by atoms with Gasteiger partial charge in [0, 0.05) is 26.7 Å². The number of methoxy groups -OCH3 is 1. The van der Waals surface area contributed by atoms with E-state index in [1.54, 1.807) is 0 Å². The first-order valence-electron chi connectivity index (χ1n) is 5.52. The summed E-state index contributed by atoms with van der Waals surface area (Å²) in [7, 11) is 1.53. The highest BCUT2D eigenvalue weighted by molar-refractivity contribution is 5.81. The fraction of sp³-hybridized carbons (Fsp3) is 0.909. The lowest BCUT2D eigenvalue weighted by Crippen LogP contribution is -2.49. The summed E-state index contributed by atoms with van der Waals surface area (Å²) in [4.78, 5) is 13.8. The van der Waals surface area contributed by atoms with Gasteiger partial charge in [-0.15, -0.1) is 0 Å². The Labute approximate surface area is 91.8 Å². The quantitative estimate of drug-likeness (QED) is 0.749. The third-order valence-electron chi connectivity index (χ3n) is 2.99. The van der Waals surface area contributed by atoms with Crippen molar-refractivity contribution in [1.82, 2.24) is 4.90 Å². The minimum atomic E-state index is -0.473. The number of nitrogens with two attached hydrogens (primary N) is 1. The van der Waals surface area contributed by atoms with Crippen molar-refractivity contribution < 1.29 is 9.53 Å². The number of ether oxygens (including phenoxy) is 1. The maximum Gasteiger partial charge on any atom is 0.253 e. The molecule has 0 aromatic heterocycles. The summed E-state index contributed by atoms with van der Waals surface area (Å²) in [6.07, 6.45) is 1.77. The highest BCUT2D eigenvalue weighted by Gasteiger charge is 2.31. The summed E-state index contributed by atoms with van der Waals surface area (Å²) in [6, 6.07) is 0. The molecular weight excluding hydrogens is 192 g/mol. The molecule has 1 atom stereocenters. The first-order chi connectivity index (χ1) is 7.00. The number of hydrogen-bond acceptors (Lipinski definition) is 3. The van der Waals surface area contributed by atoms with Crippen LogP contribution in [0.1, 0.15) is 26.7 Å². The summed E-state index contributed by atoms with van der Waals surface area (Å²) in [6.45, 7) is 6.29. The van der Waals surface area contributed by atoms with E-state index >= 15 is 0 Å². The number of carbonyl (C=O) groups is 1. The van der Waals surface area contributed by atoms with Crippen LogP contribution in [0.15, 0.2) is 0 Å². The molecule has 0 aromatic carbocycles. The Bertz CT molecular complexity index is 225. The number of hydrogen-bond donors (Lipinski definition) is 1. The molecule has 88 valence electrons. The average Bonchev–Trinajstić information content (AvgIpc) is 2.18. The van der Waals surface area contributed by atoms with Gasteiger partial charge in [0.25, 0.3) is 5.91 Å². The van der Waals surface area contributed by atoms with Gasteiger partial charge in [-0.05, 0) is 18.3 Å². The zero-order chi connectivity index (χ0) is 11.5. The topological polar surface area (TPSA) is 55.6 Å². The number of rotatable bonds is 3. The van der Waals surface area contributed by atoms with Crippen LogP contribution in [0.3, 0.4) is 0 Å². The van der Waals surface area contributed by atoms with Crippen LogP contribution in [0.4, 0.5) is 0 Å². The van der Waals surface area contributed by atoms with Crippen molar-refractivity contribution in [1.29, 1.82) is 0 Å². The SMILES string of the molecule is COC(CN)C(=O)N1CCCC(C)(C)C1. The Morgan fingerprint density at radius 2 is 2.27 bits per heavy atom. The average molecular weight is 214 g/mol. The summed E-state index contributed by atoms with van der Waals surface area (Å²) in [5, 5.41) is 0. The van der Waals surface area contributed by atoms with Crippen LogP contribution in [-0.2, 0) is 9.53 Å². The molecule has 0 aliphatic carbocycles. The normalized spacial score (nSPS) is 22.5. The monoisotopic (exact) mass is 214 g/mol. The van der Waals surface area contributed by atoms with E-state index in [-0.39, 0.29) is 17.9 Å². The molecule has 4 nitrogen and oxygen atoms in total. The standard InChI is InChI=1S/C11H22N2O2/c1-11(2)5-4-6-13(8-11)10(14)9(7-12)15-3/h9H,4-8,12H2,1-3H3. The highest BCUT2D eigenvalue weighted by atomic mass is 16.5. The van der Waals surface area contributed by atoms with Crippen LogP contribution < -0.4 is 5.73 Å². The molecule has 0 spiro atoms. The van der Waals surface area contributed by atoms with Crippen molar-refractivity contribution in [2.45, 2.75) is 32.8 Å². The van der Waals surface area contributed by atoms with E-state index in [0.29, 0.717) is 0 Å². The van der Waals surface area contributed by atoms with Crippen LogP contribution in [0.25, 0.3) is 0 Å². The van der Waals surface area contributed by atoms with Crippen molar-refractivity contribution >= 4 is 5.91 Å². The van der Waals surface area contributed by atoms with Gasteiger partial charge < -0.3 is 15.4 Å². The minimum Gasteiger partial charge on any atom is -0.370 e. The Hall–Kier alpha value is -0.610. The molecular formula is C11H22N2O2. The predicted molar refractivity (Wildman–Crippen MR) is 59.4 cm³/mol. The molecule has 0 saturated carbocycles. The first kappa shape index (κ1) is 12.5. The van der Waals surface area contributed by atoms with Gasteiger partial charge in [-0.3, -0.25) is 4.79 Å². The third-order valence-corrected chi connectivity index (χ3v) is 2.99. The van der Waals surface area contributed by atoms with E-state index in [4.69, 9.17) is 10.5 Å². The zero-order valence-corrected chi connectivity index (χ0v) is 9.95. The fourth-order valence-electron chi connectivity index (χ4n) is 2.11. The van der Waals surface area contributed by atoms with Crippen LogP contribution in [0.2, 0.25) is 0 Å². The van der Waals surface area contributed by atoms with E-state index in [0.717, 1.165) is 19.5 Å². The molecule has 2 N–H and O–H groups in total. The van der Waals surface area contributed by atoms with E-state index in [1.807, 2.05) is 4.90 Å². The van der Waals surface area contributed by atoms with Gasteiger partial charge in [-0.2, -0.15) is 0 Å². The lowest BCUT2D eigenvalue weighted by molar-refractivity contribution is -0.144. The molecule has 1 amide bonds. The molecule has 1 fully saturated rings. The molecule has 0 radical (unpaired) electrons. The Morgan fingerprint density at radius 1 is 1.60 bits per heavy atom. The molecule has 1 unspecified atom stereocenters. The van der Waals surface area contributed by atoms with Crippen LogP contribution >= 0.6 is 0 Å². The zero-order valence-electron chi connectivity index (χ0n) is 9.95. The molecule has 0 aromatic rings. The van der Waals surface area contributed by atoms with Crippen molar-refractivity contribution in [3.05, 3.63) is 0 Å². The number of piperidine rings is 1. The molecule has 15 heavy (non-hydrogen) atoms. The van der Waals surface area contributed by atoms with Crippen LogP contribution in [0.5, 0.6) is 0 Å². The number of likely N-dealkylation sites (tertiary alicyclic amines) is 1. The first-order valence-corrected chi connectivity index (χ1v) is 5.52. The van der Waals surface area contributed by atoms with Crippen molar-refractivity contribution in [2.24, 2.45) is 11.1 Å². The highest BCUT2D eigenvalue weighted by Crippen LogP contribution is 2.28. The smallest absolute Gasteiger partial charge is 0.253 e. The van der Waals surface area contributed by atoms with Gasteiger partial charge in [0.05, 0.1) is 0 Å². The number of amides is 1. The van der Waals surface area contributed by atoms with E-state index in [1.165, 1.54) is 13.5 Å². The molecule has 4 heteroatoms. The summed E-state index contributed by atoms with van der Waals surface area (Å²) < 4.78 is 5.07. The molecule has 1 aliphatic heterocycles. The minimum absolute atomic E-state index is 0.0350. The van der Waals surface area contributed by atoms with Gasteiger partial charge in [0.2, 0.25) is 0 Å². The van der Waals surface area contributed by atoms with E-state index in [9.17, 15) is 4.79 Å². The number of nitrogens with zero attached hydrogens (tertiary/aromatic N) is 1. The molecule has 1 saturated heterocycles. The lowest BCUT2D eigenvalue weighted by atomic mass is 9.84. The largest absolute Gasteiger partial charge is 0.370 e. The summed E-state index contributed by atoms with van der Waals surface area (Å²) in [5.74, 6) is 0.0350. The van der Waals surface area contributed by atoms with Crippen molar-refractivity contribution in [2.75, 3.05) is 26.7 Å². The maximum atomic E-state index is 12.0. The molecule has 1 aliphatic rings. The second-order valence-corrected chi connectivity index (χ2v) is 4.99. The Balaban J connectivity index is 2.59. The van der Waals surface area contributed by atoms with E-state index < -0.39 is 6.10 Å². The number of carbonyl (C=O) groups excluding carboxylic acids is 1.